The van der Waals surface area contributed by atoms with E-state index in [1.54, 1.807) is 5.57 Å². The van der Waals surface area contributed by atoms with Crippen molar-refractivity contribution in [2.75, 3.05) is 0 Å². The van der Waals surface area contributed by atoms with Crippen LogP contribution in [0.2, 0.25) is 0 Å². The average molecular weight is 223 g/mol. The van der Waals surface area contributed by atoms with Crippen molar-refractivity contribution in [3.05, 3.63) is 34.9 Å². The highest BCUT2D eigenvalue weighted by Gasteiger charge is 2.17. The van der Waals surface area contributed by atoms with Crippen molar-refractivity contribution in [1.29, 1.82) is 0 Å². The van der Waals surface area contributed by atoms with Gasteiger partial charge in [0.15, 0.2) is 0 Å². The topological polar surface area (TPSA) is 0 Å². The molecule has 2 aliphatic rings. The van der Waals surface area contributed by atoms with E-state index in [1.807, 2.05) is 0 Å². The third-order valence-electron chi connectivity index (χ3n) is 3.45. The predicted octanol–water partition coefficient (Wildman–Crippen LogP) is 4.82. The highest BCUT2D eigenvalue weighted by atomic mass is 35.5. The van der Waals surface area contributed by atoms with E-state index in [-0.39, 0.29) is 0 Å². The van der Waals surface area contributed by atoms with E-state index >= 15 is 0 Å². The molecule has 0 N–H and O–H groups in total. The van der Waals surface area contributed by atoms with E-state index in [9.17, 15) is 0 Å². The summed E-state index contributed by atoms with van der Waals surface area (Å²) in [5.41, 5.74) is 1.64. The smallest absolute Gasteiger partial charge is 0.0141 e. The van der Waals surface area contributed by atoms with Crippen LogP contribution in [0.15, 0.2) is 34.9 Å². The average Bonchev–Trinajstić information content (AvgIpc) is 2.44. The Morgan fingerprint density at radius 3 is 2.87 bits per heavy atom. The third kappa shape index (κ3) is 2.98. The van der Waals surface area contributed by atoms with Gasteiger partial charge in [-0.1, -0.05) is 48.4 Å². The lowest BCUT2D eigenvalue weighted by atomic mass is 9.85. The Labute approximate surface area is 97.7 Å². The van der Waals surface area contributed by atoms with Gasteiger partial charge in [-0.3, -0.25) is 0 Å². The van der Waals surface area contributed by atoms with E-state index in [4.69, 9.17) is 11.6 Å². The van der Waals surface area contributed by atoms with Gasteiger partial charge in [0.05, 0.1) is 0 Å². The number of hydrogen-bond acceptors (Lipinski definition) is 0. The zero-order valence-corrected chi connectivity index (χ0v) is 10.1. The van der Waals surface area contributed by atoms with Crippen molar-refractivity contribution < 1.29 is 0 Å². The molecule has 0 saturated carbocycles. The highest BCUT2D eigenvalue weighted by molar-refractivity contribution is 6.29. The van der Waals surface area contributed by atoms with E-state index < -0.39 is 0 Å². The summed E-state index contributed by atoms with van der Waals surface area (Å²) in [6.07, 6.45) is 15.2. The fourth-order valence-corrected chi connectivity index (χ4v) is 2.61. The molecule has 2 unspecified atom stereocenters. The minimum absolute atomic E-state index is 0.713. The monoisotopic (exact) mass is 222 g/mol. The standard InChI is InChI=1S/C14H19Cl/c1-11-3-2-4-12(6-5-11)13-7-9-14(15)10-8-13/h2-3,6,9,11,13H,4-5,7-8,10H2,1H3. The van der Waals surface area contributed by atoms with E-state index in [1.165, 1.54) is 12.8 Å². The quantitative estimate of drug-likeness (QED) is 0.558. The van der Waals surface area contributed by atoms with Crippen LogP contribution in [0.1, 0.15) is 39.0 Å². The molecule has 0 aromatic rings. The van der Waals surface area contributed by atoms with Crippen LogP contribution < -0.4 is 0 Å². The molecule has 1 heteroatoms. The summed E-state index contributed by atoms with van der Waals surface area (Å²) in [6.45, 7) is 2.29. The Hall–Kier alpha value is -0.490. The number of rotatable bonds is 1. The Bertz CT molecular complexity index is 309. The maximum Gasteiger partial charge on any atom is 0.0141 e. The van der Waals surface area contributed by atoms with Gasteiger partial charge in [-0.05, 0) is 43.9 Å². The first-order valence-electron chi connectivity index (χ1n) is 5.96. The zero-order valence-electron chi connectivity index (χ0n) is 9.38. The van der Waals surface area contributed by atoms with Crippen molar-refractivity contribution in [2.24, 2.45) is 11.8 Å². The van der Waals surface area contributed by atoms with Crippen LogP contribution in [0, 0.1) is 11.8 Å². The van der Waals surface area contributed by atoms with Gasteiger partial charge in [0.2, 0.25) is 0 Å². The summed E-state index contributed by atoms with van der Waals surface area (Å²) in [5.74, 6) is 1.47. The SMILES string of the molecule is CC1C=CCC(C2CC=C(Cl)CC2)=CC1. The van der Waals surface area contributed by atoms with Gasteiger partial charge in [0.1, 0.15) is 0 Å². The molecule has 15 heavy (non-hydrogen) atoms. The first-order chi connectivity index (χ1) is 7.25. The van der Waals surface area contributed by atoms with Crippen LogP contribution in [0.3, 0.4) is 0 Å². The molecule has 0 aromatic carbocycles. The number of allylic oxidation sites excluding steroid dienone is 6. The van der Waals surface area contributed by atoms with Crippen molar-refractivity contribution >= 4 is 11.6 Å². The first kappa shape index (κ1) is 11.0. The third-order valence-corrected chi connectivity index (χ3v) is 3.79. The molecule has 2 atom stereocenters. The molecular formula is C14H19Cl. The largest absolute Gasteiger partial charge is 0.0895 e. The van der Waals surface area contributed by atoms with Crippen LogP contribution >= 0.6 is 11.6 Å². The van der Waals surface area contributed by atoms with Crippen LogP contribution in [-0.2, 0) is 0 Å². The number of halogens is 1. The maximum atomic E-state index is 6.00. The molecular weight excluding hydrogens is 204 g/mol. The molecule has 0 fully saturated rings. The van der Waals surface area contributed by atoms with Crippen LogP contribution in [-0.4, -0.2) is 0 Å². The molecule has 0 radical (unpaired) electrons. The maximum absolute atomic E-state index is 6.00. The molecule has 0 heterocycles. The summed E-state index contributed by atoms with van der Waals surface area (Å²) in [5, 5.41) is 1.06. The normalized spacial score (nSPS) is 31.9. The molecule has 0 saturated heterocycles. The lowest BCUT2D eigenvalue weighted by Gasteiger charge is -2.22. The van der Waals surface area contributed by atoms with Gasteiger partial charge in [0, 0.05) is 5.03 Å². The summed E-state index contributed by atoms with van der Waals surface area (Å²) < 4.78 is 0. The Kier molecular flexibility index (Phi) is 3.69. The van der Waals surface area contributed by atoms with Crippen LogP contribution in [0.5, 0.6) is 0 Å². The second kappa shape index (κ2) is 5.03. The molecule has 0 nitrogen and oxygen atoms in total. The first-order valence-corrected chi connectivity index (χ1v) is 6.33. The Morgan fingerprint density at radius 2 is 2.13 bits per heavy atom. The van der Waals surface area contributed by atoms with E-state index in [0.717, 1.165) is 30.2 Å². The Balaban J connectivity index is 2.02. The van der Waals surface area contributed by atoms with Crippen LogP contribution in [0.25, 0.3) is 0 Å². The number of hydrogen-bond donors (Lipinski definition) is 0. The van der Waals surface area contributed by atoms with Gasteiger partial charge < -0.3 is 0 Å². The van der Waals surface area contributed by atoms with Crippen molar-refractivity contribution in [1.82, 2.24) is 0 Å². The van der Waals surface area contributed by atoms with Gasteiger partial charge in [-0.25, -0.2) is 0 Å². The molecule has 0 aromatic heterocycles. The molecule has 82 valence electrons. The lowest BCUT2D eigenvalue weighted by molar-refractivity contribution is 0.537. The van der Waals surface area contributed by atoms with Gasteiger partial charge in [-0.2, -0.15) is 0 Å². The predicted molar refractivity (Wildman–Crippen MR) is 66.9 cm³/mol. The van der Waals surface area contributed by atoms with E-state index in [2.05, 4.69) is 31.2 Å². The summed E-state index contributed by atoms with van der Waals surface area (Å²) in [6, 6.07) is 0. The fourth-order valence-electron chi connectivity index (χ4n) is 2.41. The molecule has 0 bridgehead atoms. The molecule has 0 amide bonds. The van der Waals surface area contributed by atoms with E-state index in [0.29, 0.717) is 5.92 Å². The zero-order chi connectivity index (χ0) is 10.7. The molecule has 2 rings (SSSR count). The molecule has 0 spiro atoms. The van der Waals surface area contributed by atoms with Crippen molar-refractivity contribution in [3.63, 3.8) is 0 Å². The fraction of sp³-hybridized carbons (Fsp3) is 0.571. The second-order valence-corrected chi connectivity index (χ2v) is 5.23. The minimum atomic E-state index is 0.713. The minimum Gasteiger partial charge on any atom is -0.0895 e. The summed E-state index contributed by atoms with van der Waals surface area (Å²) >= 11 is 6.00. The molecule has 2 aliphatic carbocycles. The van der Waals surface area contributed by atoms with Gasteiger partial charge in [0.25, 0.3) is 0 Å². The molecule has 0 aliphatic heterocycles. The summed E-state index contributed by atoms with van der Waals surface area (Å²) in [7, 11) is 0. The Morgan fingerprint density at radius 1 is 1.27 bits per heavy atom. The van der Waals surface area contributed by atoms with Crippen molar-refractivity contribution in [2.45, 2.75) is 39.0 Å². The van der Waals surface area contributed by atoms with Crippen LogP contribution in [0.4, 0.5) is 0 Å². The highest BCUT2D eigenvalue weighted by Crippen LogP contribution is 2.33. The summed E-state index contributed by atoms with van der Waals surface area (Å²) in [4.78, 5) is 0. The van der Waals surface area contributed by atoms with Gasteiger partial charge >= 0.3 is 0 Å². The van der Waals surface area contributed by atoms with Gasteiger partial charge in [-0.15, -0.1) is 0 Å². The lowest BCUT2D eigenvalue weighted by Crippen LogP contribution is -2.07. The second-order valence-electron chi connectivity index (χ2n) is 4.75. The van der Waals surface area contributed by atoms with Crippen molar-refractivity contribution in [3.8, 4) is 0 Å².